The van der Waals surface area contributed by atoms with Crippen LogP contribution in [0.3, 0.4) is 0 Å². The lowest BCUT2D eigenvalue weighted by atomic mass is 10.1. The molecule has 0 atom stereocenters. The Morgan fingerprint density at radius 2 is 1.66 bits per heavy atom. The third-order valence-corrected chi connectivity index (χ3v) is 5.58. The number of ether oxygens (including phenoxy) is 1. The molecule has 0 spiro atoms. The van der Waals surface area contributed by atoms with Crippen molar-refractivity contribution >= 4 is 49.4 Å². The predicted molar refractivity (Wildman–Crippen MR) is 122 cm³/mol. The summed E-state index contributed by atoms with van der Waals surface area (Å²) in [7, 11) is 0. The monoisotopic (exact) mass is 516 g/mol. The standard InChI is InChI=1S/C22H18Br2N2O3/c1-14-3-6-18(9-15(14)2)25-12-17-10-20(23)22(21(24)11-17)29-13-16-4-7-19(8-5-16)26(27)28/h3-12H,13H2,1-2H3. The number of rotatable bonds is 6. The number of hydrogen-bond acceptors (Lipinski definition) is 4. The number of nitro benzene ring substituents is 1. The molecule has 0 saturated carbocycles. The fourth-order valence-electron chi connectivity index (χ4n) is 2.62. The molecule has 0 aliphatic carbocycles. The lowest BCUT2D eigenvalue weighted by Gasteiger charge is -2.11. The first kappa shape index (κ1) is 21.2. The Balaban J connectivity index is 1.72. The van der Waals surface area contributed by atoms with Crippen molar-refractivity contribution in [1.29, 1.82) is 0 Å². The largest absolute Gasteiger partial charge is 0.487 e. The molecule has 0 heterocycles. The van der Waals surface area contributed by atoms with Crippen molar-refractivity contribution in [2.24, 2.45) is 4.99 Å². The average molecular weight is 518 g/mol. The zero-order chi connectivity index (χ0) is 21.0. The summed E-state index contributed by atoms with van der Waals surface area (Å²) in [6, 6.07) is 16.3. The van der Waals surface area contributed by atoms with Gasteiger partial charge in [-0.2, -0.15) is 0 Å². The molecule has 0 amide bonds. The van der Waals surface area contributed by atoms with Crippen molar-refractivity contribution in [3.63, 3.8) is 0 Å². The molecule has 0 aromatic heterocycles. The van der Waals surface area contributed by atoms with Crippen LogP contribution in [0.1, 0.15) is 22.3 Å². The van der Waals surface area contributed by atoms with Crippen LogP contribution in [-0.2, 0) is 6.61 Å². The third kappa shape index (κ3) is 5.52. The molecule has 3 aromatic rings. The number of nitrogens with zero attached hydrogens (tertiary/aromatic N) is 2. The van der Waals surface area contributed by atoms with Gasteiger partial charge in [0.15, 0.2) is 0 Å². The first-order valence-electron chi connectivity index (χ1n) is 8.80. The smallest absolute Gasteiger partial charge is 0.269 e. The number of nitro groups is 1. The maximum Gasteiger partial charge on any atom is 0.269 e. The Morgan fingerprint density at radius 3 is 2.24 bits per heavy atom. The van der Waals surface area contributed by atoms with E-state index in [4.69, 9.17) is 4.74 Å². The van der Waals surface area contributed by atoms with E-state index in [1.165, 1.54) is 23.3 Å². The van der Waals surface area contributed by atoms with Crippen LogP contribution in [0.2, 0.25) is 0 Å². The van der Waals surface area contributed by atoms with Gasteiger partial charge in [0.05, 0.1) is 19.6 Å². The van der Waals surface area contributed by atoms with Crippen LogP contribution < -0.4 is 4.74 Å². The molecule has 0 N–H and O–H groups in total. The van der Waals surface area contributed by atoms with Gasteiger partial charge in [0.2, 0.25) is 0 Å². The molecule has 3 rings (SSSR count). The van der Waals surface area contributed by atoms with E-state index in [-0.39, 0.29) is 5.69 Å². The summed E-state index contributed by atoms with van der Waals surface area (Å²) in [6.45, 7) is 4.44. The van der Waals surface area contributed by atoms with E-state index in [2.05, 4.69) is 62.8 Å². The van der Waals surface area contributed by atoms with E-state index >= 15 is 0 Å². The average Bonchev–Trinajstić information content (AvgIpc) is 2.68. The van der Waals surface area contributed by atoms with E-state index in [0.29, 0.717) is 12.4 Å². The van der Waals surface area contributed by atoms with Crippen LogP contribution in [0.25, 0.3) is 0 Å². The lowest BCUT2D eigenvalue weighted by Crippen LogP contribution is -1.98. The third-order valence-electron chi connectivity index (χ3n) is 4.40. The van der Waals surface area contributed by atoms with E-state index in [0.717, 1.165) is 25.8 Å². The minimum Gasteiger partial charge on any atom is -0.487 e. The Hall–Kier alpha value is -2.51. The van der Waals surface area contributed by atoms with Gasteiger partial charge in [-0.1, -0.05) is 6.07 Å². The Bertz CT molecular complexity index is 1060. The molecule has 5 nitrogen and oxygen atoms in total. The highest BCUT2D eigenvalue weighted by atomic mass is 79.9. The van der Waals surface area contributed by atoms with Crippen LogP contribution in [0.15, 0.2) is 68.5 Å². The summed E-state index contributed by atoms with van der Waals surface area (Å²) in [5, 5.41) is 10.7. The second kappa shape index (κ2) is 9.33. The Morgan fingerprint density at radius 1 is 1.00 bits per heavy atom. The maximum absolute atomic E-state index is 10.7. The maximum atomic E-state index is 10.7. The highest BCUT2D eigenvalue weighted by Gasteiger charge is 2.10. The molecule has 0 unspecified atom stereocenters. The van der Waals surface area contributed by atoms with Crippen LogP contribution in [0, 0.1) is 24.0 Å². The SMILES string of the molecule is Cc1ccc(N=Cc2cc(Br)c(OCc3ccc([N+](=O)[O-])cc3)c(Br)c2)cc1C. The van der Waals surface area contributed by atoms with Gasteiger partial charge in [-0.05, 0) is 104 Å². The summed E-state index contributed by atoms with van der Waals surface area (Å²) in [5.74, 6) is 0.659. The Labute approximate surface area is 185 Å². The predicted octanol–water partition coefficient (Wildman–Crippen LogP) is 7.07. The summed E-state index contributed by atoms with van der Waals surface area (Å²) in [4.78, 5) is 14.9. The van der Waals surface area contributed by atoms with Gasteiger partial charge in [0.25, 0.3) is 5.69 Å². The van der Waals surface area contributed by atoms with Crippen molar-refractivity contribution in [2.45, 2.75) is 20.5 Å². The minimum atomic E-state index is -0.421. The van der Waals surface area contributed by atoms with Crippen molar-refractivity contribution in [2.75, 3.05) is 0 Å². The lowest BCUT2D eigenvalue weighted by molar-refractivity contribution is -0.384. The molecule has 7 heteroatoms. The van der Waals surface area contributed by atoms with E-state index < -0.39 is 4.92 Å². The van der Waals surface area contributed by atoms with E-state index in [1.807, 2.05) is 18.2 Å². The zero-order valence-electron chi connectivity index (χ0n) is 15.9. The molecule has 3 aromatic carbocycles. The number of benzene rings is 3. The number of aryl methyl sites for hydroxylation is 2. The highest BCUT2D eigenvalue weighted by molar-refractivity contribution is 9.11. The van der Waals surface area contributed by atoms with Crippen LogP contribution in [0.4, 0.5) is 11.4 Å². The van der Waals surface area contributed by atoms with E-state index in [9.17, 15) is 10.1 Å². The molecule has 29 heavy (non-hydrogen) atoms. The molecule has 0 radical (unpaired) electrons. The molecule has 0 fully saturated rings. The minimum absolute atomic E-state index is 0.0588. The van der Waals surface area contributed by atoms with Gasteiger partial charge < -0.3 is 4.74 Å². The molecule has 0 aliphatic rings. The van der Waals surface area contributed by atoms with Gasteiger partial charge in [-0.25, -0.2) is 0 Å². The van der Waals surface area contributed by atoms with Crippen LogP contribution >= 0.6 is 31.9 Å². The van der Waals surface area contributed by atoms with E-state index in [1.54, 1.807) is 18.3 Å². The first-order valence-corrected chi connectivity index (χ1v) is 10.4. The normalized spacial score (nSPS) is 11.0. The van der Waals surface area contributed by atoms with Gasteiger partial charge in [-0.3, -0.25) is 15.1 Å². The van der Waals surface area contributed by atoms with Crippen molar-refractivity contribution < 1.29 is 9.66 Å². The van der Waals surface area contributed by atoms with Crippen molar-refractivity contribution in [1.82, 2.24) is 0 Å². The first-order chi connectivity index (χ1) is 13.8. The van der Waals surface area contributed by atoms with Gasteiger partial charge in [0, 0.05) is 18.3 Å². The molecule has 148 valence electrons. The van der Waals surface area contributed by atoms with Gasteiger partial charge >= 0.3 is 0 Å². The fourth-order valence-corrected chi connectivity index (χ4v) is 4.07. The summed E-state index contributed by atoms with van der Waals surface area (Å²) < 4.78 is 7.47. The van der Waals surface area contributed by atoms with Crippen molar-refractivity contribution in [3.8, 4) is 5.75 Å². The highest BCUT2D eigenvalue weighted by Crippen LogP contribution is 2.35. The zero-order valence-corrected chi connectivity index (χ0v) is 19.0. The second-order valence-electron chi connectivity index (χ2n) is 6.55. The summed E-state index contributed by atoms with van der Waals surface area (Å²) >= 11 is 7.09. The van der Waals surface area contributed by atoms with Crippen LogP contribution in [0.5, 0.6) is 5.75 Å². The fraction of sp³-hybridized carbons (Fsp3) is 0.136. The molecule has 0 aliphatic heterocycles. The topological polar surface area (TPSA) is 64.7 Å². The number of halogens is 2. The van der Waals surface area contributed by atoms with Crippen molar-refractivity contribution in [3.05, 3.63) is 95.9 Å². The second-order valence-corrected chi connectivity index (χ2v) is 8.26. The van der Waals surface area contributed by atoms with Gasteiger partial charge in [0.1, 0.15) is 12.4 Å². The van der Waals surface area contributed by atoms with Crippen LogP contribution in [-0.4, -0.2) is 11.1 Å². The summed E-state index contributed by atoms with van der Waals surface area (Å²) in [6.07, 6.45) is 1.81. The summed E-state index contributed by atoms with van der Waals surface area (Å²) in [5.41, 5.74) is 5.17. The number of hydrogen-bond donors (Lipinski definition) is 0. The quantitative estimate of drug-likeness (QED) is 0.199. The van der Waals surface area contributed by atoms with Gasteiger partial charge in [-0.15, -0.1) is 0 Å². The molecular formula is C22H18Br2N2O3. The molecule has 0 bridgehead atoms. The number of non-ortho nitro benzene ring substituents is 1. The molecular weight excluding hydrogens is 500 g/mol. The Kier molecular flexibility index (Phi) is 6.82. The number of aliphatic imine (C=N–C) groups is 1. The molecule has 0 saturated heterocycles.